The van der Waals surface area contributed by atoms with Crippen LogP contribution in [0.15, 0.2) is 30.5 Å². The molecule has 0 saturated carbocycles. The molecule has 10 heteroatoms. The van der Waals surface area contributed by atoms with Gasteiger partial charge in [0, 0.05) is 36.8 Å². The molecule has 1 aliphatic rings. The third kappa shape index (κ3) is 4.68. The molecule has 182 valence electrons. The van der Waals surface area contributed by atoms with Gasteiger partial charge in [-0.05, 0) is 51.5 Å². The van der Waals surface area contributed by atoms with E-state index in [0.29, 0.717) is 34.0 Å². The molecule has 3 heterocycles. The molecule has 0 saturated heterocycles. The van der Waals surface area contributed by atoms with Crippen LogP contribution in [0.25, 0.3) is 11.3 Å². The number of aliphatic hydroxyl groups is 1. The van der Waals surface area contributed by atoms with Gasteiger partial charge in [0.1, 0.15) is 17.5 Å². The lowest BCUT2D eigenvalue weighted by Crippen LogP contribution is -2.40. The number of aryl methyl sites for hydroxylation is 2. The molecule has 0 fully saturated rings. The SMILES string of the molecule is Cc1cc(Nc2nccc(-c3cc(C#N)c4c(c3)C(C)(CO)CN4C(=O)OC(C)(C)C)n2)n(C)n1. The maximum absolute atomic E-state index is 13.0. The topological polar surface area (TPSA) is 129 Å². The van der Waals surface area contributed by atoms with Crippen molar-refractivity contribution >= 4 is 23.5 Å². The van der Waals surface area contributed by atoms with E-state index in [1.165, 1.54) is 4.90 Å². The summed E-state index contributed by atoms with van der Waals surface area (Å²) in [5.41, 5.74) is 2.12. The van der Waals surface area contributed by atoms with Gasteiger partial charge < -0.3 is 15.2 Å². The van der Waals surface area contributed by atoms with E-state index in [0.717, 1.165) is 11.5 Å². The highest BCUT2D eigenvalue weighted by Gasteiger charge is 2.44. The van der Waals surface area contributed by atoms with E-state index < -0.39 is 17.1 Å². The minimum Gasteiger partial charge on any atom is -0.443 e. The number of carbonyl (C=O) groups excluding carboxylic acids is 1. The molecule has 1 aliphatic heterocycles. The average Bonchev–Trinajstić information content (AvgIpc) is 3.28. The highest BCUT2D eigenvalue weighted by Crippen LogP contribution is 2.45. The monoisotopic (exact) mass is 475 g/mol. The Labute approximate surface area is 204 Å². The fourth-order valence-corrected chi connectivity index (χ4v) is 4.16. The van der Waals surface area contributed by atoms with Gasteiger partial charge in [0.2, 0.25) is 5.95 Å². The predicted molar refractivity (Wildman–Crippen MR) is 131 cm³/mol. The summed E-state index contributed by atoms with van der Waals surface area (Å²) in [6.45, 7) is 9.11. The number of amides is 1. The second-order valence-electron chi connectivity index (χ2n) is 10.0. The van der Waals surface area contributed by atoms with Gasteiger partial charge in [0.05, 0.1) is 29.2 Å². The summed E-state index contributed by atoms with van der Waals surface area (Å²) in [6.07, 6.45) is 1.07. The Morgan fingerprint density at radius 3 is 2.69 bits per heavy atom. The fraction of sp³-hybridized carbons (Fsp3) is 0.400. The molecule has 10 nitrogen and oxygen atoms in total. The standard InChI is InChI=1S/C25H29N7O3/c1-15-9-20(31(6)30-15)29-22-27-8-7-19(28-22)16-10-17(12-26)21-18(11-16)25(5,14-33)13-32(21)23(34)35-24(2,3)4/h7-11,33H,13-14H2,1-6H3,(H,27,28,29). The average molecular weight is 476 g/mol. The number of hydrogen-bond acceptors (Lipinski definition) is 8. The molecular formula is C25H29N7O3. The number of fused-ring (bicyclic) bond motifs is 1. The van der Waals surface area contributed by atoms with Crippen LogP contribution >= 0.6 is 0 Å². The number of nitriles is 1. The second-order valence-corrected chi connectivity index (χ2v) is 10.0. The first kappa shape index (κ1) is 24.2. The number of aromatic nitrogens is 4. The summed E-state index contributed by atoms with van der Waals surface area (Å²) in [7, 11) is 1.82. The van der Waals surface area contributed by atoms with E-state index >= 15 is 0 Å². The minimum atomic E-state index is -0.770. The zero-order valence-electron chi connectivity index (χ0n) is 20.7. The van der Waals surface area contributed by atoms with Crippen LogP contribution in [-0.2, 0) is 17.2 Å². The zero-order chi connectivity index (χ0) is 25.5. The lowest BCUT2D eigenvalue weighted by Gasteiger charge is -2.26. The molecule has 1 aromatic carbocycles. The van der Waals surface area contributed by atoms with Crippen molar-refractivity contribution in [2.75, 3.05) is 23.4 Å². The van der Waals surface area contributed by atoms with Gasteiger partial charge in [-0.3, -0.25) is 9.58 Å². The van der Waals surface area contributed by atoms with E-state index in [2.05, 4.69) is 26.5 Å². The molecule has 35 heavy (non-hydrogen) atoms. The molecule has 0 spiro atoms. The molecule has 0 aliphatic carbocycles. The van der Waals surface area contributed by atoms with Crippen LogP contribution in [0, 0.1) is 18.3 Å². The third-order valence-electron chi connectivity index (χ3n) is 5.81. The zero-order valence-corrected chi connectivity index (χ0v) is 20.7. The van der Waals surface area contributed by atoms with Gasteiger partial charge in [0.15, 0.2) is 0 Å². The van der Waals surface area contributed by atoms with E-state index in [4.69, 9.17) is 4.74 Å². The lowest BCUT2D eigenvalue weighted by molar-refractivity contribution is 0.0575. The van der Waals surface area contributed by atoms with E-state index in [9.17, 15) is 15.2 Å². The Hall–Kier alpha value is -3.97. The second kappa shape index (κ2) is 8.67. The van der Waals surface area contributed by atoms with Crippen LogP contribution in [0.3, 0.4) is 0 Å². The van der Waals surface area contributed by atoms with Crippen LogP contribution in [0.5, 0.6) is 0 Å². The number of hydrogen-bond donors (Lipinski definition) is 2. The third-order valence-corrected chi connectivity index (χ3v) is 5.81. The first-order valence-electron chi connectivity index (χ1n) is 11.3. The molecule has 0 bridgehead atoms. The normalized spacial score (nSPS) is 17.1. The highest BCUT2D eigenvalue weighted by atomic mass is 16.6. The molecule has 1 amide bonds. The Morgan fingerprint density at radius 2 is 2.09 bits per heavy atom. The summed E-state index contributed by atoms with van der Waals surface area (Å²) in [5.74, 6) is 1.12. The quantitative estimate of drug-likeness (QED) is 0.583. The van der Waals surface area contributed by atoms with E-state index in [1.54, 1.807) is 43.8 Å². The fourth-order valence-electron chi connectivity index (χ4n) is 4.16. The van der Waals surface area contributed by atoms with Crippen molar-refractivity contribution in [3.05, 3.63) is 47.3 Å². The van der Waals surface area contributed by atoms with Gasteiger partial charge in [0.25, 0.3) is 0 Å². The number of anilines is 3. The van der Waals surface area contributed by atoms with Crippen LogP contribution in [0.4, 0.5) is 22.2 Å². The maximum Gasteiger partial charge on any atom is 0.414 e. The van der Waals surface area contributed by atoms with Crippen LogP contribution < -0.4 is 10.2 Å². The van der Waals surface area contributed by atoms with E-state index in [-0.39, 0.29) is 13.2 Å². The molecule has 2 aromatic heterocycles. The Balaban J connectivity index is 1.77. The first-order chi connectivity index (χ1) is 16.4. The first-order valence-corrected chi connectivity index (χ1v) is 11.3. The van der Waals surface area contributed by atoms with Crippen molar-refractivity contribution in [1.29, 1.82) is 5.26 Å². The van der Waals surface area contributed by atoms with Gasteiger partial charge in [-0.1, -0.05) is 6.92 Å². The Morgan fingerprint density at radius 1 is 1.34 bits per heavy atom. The summed E-state index contributed by atoms with van der Waals surface area (Å²) < 4.78 is 7.28. The molecule has 0 radical (unpaired) electrons. The van der Waals surface area contributed by atoms with Crippen molar-refractivity contribution in [2.24, 2.45) is 7.05 Å². The predicted octanol–water partition coefficient (Wildman–Crippen LogP) is 3.81. The summed E-state index contributed by atoms with van der Waals surface area (Å²) in [4.78, 5) is 23.3. The van der Waals surface area contributed by atoms with Gasteiger partial charge in [-0.2, -0.15) is 10.4 Å². The Bertz CT molecular complexity index is 1340. The largest absolute Gasteiger partial charge is 0.443 e. The molecule has 1 unspecified atom stereocenters. The lowest BCUT2D eigenvalue weighted by atomic mass is 9.83. The molecule has 4 rings (SSSR count). The summed E-state index contributed by atoms with van der Waals surface area (Å²) >= 11 is 0. The van der Waals surface area contributed by atoms with Crippen molar-refractivity contribution < 1.29 is 14.6 Å². The molecular weight excluding hydrogens is 446 g/mol. The molecule has 3 aromatic rings. The number of nitrogens with zero attached hydrogens (tertiary/aromatic N) is 6. The molecule has 2 N–H and O–H groups in total. The summed E-state index contributed by atoms with van der Waals surface area (Å²) in [5, 5.41) is 27.7. The van der Waals surface area contributed by atoms with Crippen molar-refractivity contribution in [2.45, 2.75) is 45.6 Å². The number of benzene rings is 1. The Kier molecular flexibility index (Phi) is 5.99. The van der Waals surface area contributed by atoms with Gasteiger partial charge >= 0.3 is 6.09 Å². The summed E-state index contributed by atoms with van der Waals surface area (Å²) in [6, 6.07) is 9.41. The number of aliphatic hydroxyl groups excluding tert-OH is 1. The number of ether oxygens (including phenoxy) is 1. The maximum atomic E-state index is 13.0. The number of nitrogens with one attached hydrogen (secondary N) is 1. The number of carbonyl (C=O) groups is 1. The van der Waals surface area contributed by atoms with Gasteiger partial charge in [-0.25, -0.2) is 14.8 Å². The van der Waals surface area contributed by atoms with E-state index in [1.807, 2.05) is 33.0 Å². The van der Waals surface area contributed by atoms with Gasteiger partial charge in [-0.15, -0.1) is 0 Å². The van der Waals surface area contributed by atoms with Crippen molar-refractivity contribution in [3.63, 3.8) is 0 Å². The van der Waals surface area contributed by atoms with Crippen LogP contribution in [-0.4, -0.2) is 49.7 Å². The van der Waals surface area contributed by atoms with Crippen LogP contribution in [0.1, 0.15) is 44.5 Å². The van der Waals surface area contributed by atoms with Crippen molar-refractivity contribution in [1.82, 2.24) is 19.7 Å². The number of rotatable bonds is 4. The smallest absolute Gasteiger partial charge is 0.414 e. The van der Waals surface area contributed by atoms with Crippen molar-refractivity contribution in [3.8, 4) is 17.3 Å². The highest BCUT2D eigenvalue weighted by molar-refractivity contribution is 5.95. The minimum absolute atomic E-state index is 0.197. The molecule has 1 atom stereocenters. The van der Waals surface area contributed by atoms with Crippen LogP contribution in [0.2, 0.25) is 0 Å².